The predicted molar refractivity (Wildman–Crippen MR) is 150 cm³/mol. The maximum Gasteiger partial charge on any atom is 0.412 e. The van der Waals surface area contributed by atoms with Crippen LogP contribution in [0.4, 0.5) is 19.3 Å². The minimum Gasteiger partial charge on any atom is -0.496 e. The Morgan fingerprint density at radius 1 is 1.02 bits per heavy atom. The number of halogens is 3. The standard InChI is InChI=1S/C30H24ClF2NO5S/c1-16(21-10-8-20(32)14-23(21)31)39-29(37)34-24-15-26(33)40-27(24)18-5-9-22(25(13-18)38-2)17-3-6-19(7-4-17)30(11-12-30)28(35)36/h3-10,13-16H,11-12H2,1-2H3,(H,34,37)(H,35,36). The van der Waals surface area contributed by atoms with Crippen LogP contribution in [0.1, 0.15) is 37.0 Å². The second kappa shape index (κ2) is 10.9. The van der Waals surface area contributed by atoms with Crippen LogP contribution in [0.15, 0.2) is 66.7 Å². The summed E-state index contributed by atoms with van der Waals surface area (Å²) in [5.74, 6) is -0.800. The Labute approximate surface area is 238 Å². The van der Waals surface area contributed by atoms with Gasteiger partial charge in [0.1, 0.15) is 17.7 Å². The number of amides is 1. The van der Waals surface area contributed by atoms with Gasteiger partial charge in [0.15, 0.2) is 5.13 Å². The van der Waals surface area contributed by atoms with E-state index in [1.165, 1.54) is 25.3 Å². The van der Waals surface area contributed by atoms with Gasteiger partial charge in [-0.2, -0.15) is 4.39 Å². The second-order valence-electron chi connectivity index (χ2n) is 9.51. The first-order valence-corrected chi connectivity index (χ1v) is 13.6. The quantitative estimate of drug-likeness (QED) is 0.217. The van der Waals surface area contributed by atoms with Crippen molar-refractivity contribution in [3.63, 3.8) is 0 Å². The molecule has 1 amide bonds. The van der Waals surface area contributed by atoms with Gasteiger partial charge in [-0.1, -0.05) is 54.1 Å². The highest BCUT2D eigenvalue weighted by Gasteiger charge is 2.51. The number of nitrogens with one attached hydrogen (secondary N) is 1. The fourth-order valence-corrected chi connectivity index (χ4v) is 5.81. The van der Waals surface area contributed by atoms with Crippen LogP contribution in [0.3, 0.4) is 0 Å². The highest BCUT2D eigenvalue weighted by Crippen LogP contribution is 2.49. The second-order valence-corrected chi connectivity index (χ2v) is 10.9. The van der Waals surface area contributed by atoms with Crippen LogP contribution in [0.25, 0.3) is 21.6 Å². The fourth-order valence-electron chi connectivity index (χ4n) is 4.65. The minimum atomic E-state index is -0.828. The molecule has 1 aliphatic rings. The number of aliphatic carboxylic acids is 1. The summed E-state index contributed by atoms with van der Waals surface area (Å²) in [5.41, 5.74) is 2.84. The van der Waals surface area contributed by atoms with Crippen molar-refractivity contribution < 1.29 is 33.0 Å². The number of carboxylic acids is 1. The van der Waals surface area contributed by atoms with E-state index in [4.69, 9.17) is 21.1 Å². The first kappa shape index (κ1) is 27.6. The van der Waals surface area contributed by atoms with E-state index in [1.54, 1.807) is 19.1 Å². The van der Waals surface area contributed by atoms with Gasteiger partial charge in [0.05, 0.1) is 28.1 Å². The summed E-state index contributed by atoms with van der Waals surface area (Å²) in [7, 11) is 1.52. The van der Waals surface area contributed by atoms with Gasteiger partial charge >= 0.3 is 12.1 Å². The van der Waals surface area contributed by atoms with E-state index in [1.807, 2.05) is 30.3 Å². The molecular formula is C30H24ClF2NO5S. The van der Waals surface area contributed by atoms with Gasteiger partial charge < -0.3 is 14.6 Å². The molecule has 6 nitrogen and oxygen atoms in total. The maximum absolute atomic E-state index is 14.4. The largest absolute Gasteiger partial charge is 0.496 e. The zero-order chi connectivity index (χ0) is 28.6. The number of rotatable bonds is 8. The lowest BCUT2D eigenvalue weighted by Gasteiger charge is -2.16. The molecule has 0 aliphatic heterocycles. The van der Waals surface area contributed by atoms with E-state index in [0.717, 1.165) is 34.1 Å². The zero-order valence-electron chi connectivity index (χ0n) is 21.5. The molecule has 1 unspecified atom stereocenters. The van der Waals surface area contributed by atoms with E-state index < -0.39 is 34.5 Å². The Kier molecular flexibility index (Phi) is 7.53. The van der Waals surface area contributed by atoms with Crippen LogP contribution >= 0.6 is 22.9 Å². The predicted octanol–water partition coefficient (Wildman–Crippen LogP) is 8.45. The smallest absolute Gasteiger partial charge is 0.412 e. The van der Waals surface area contributed by atoms with Gasteiger partial charge in [0.25, 0.3) is 0 Å². The van der Waals surface area contributed by atoms with E-state index in [9.17, 15) is 23.5 Å². The summed E-state index contributed by atoms with van der Waals surface area (Å²) in [6, 6.07) is 17.7. The van der Waals surface area contributed by atoms with E-state index in [2.05, 4.69) is 5.32 Å². The molecule has 1 heterocycles. The molecule has 0 saturated heterocycles. The number of ether oxygens (including phenoxy) is 2. The van der Waals surface area contributed by atoms with Crippen molar-refractivity contribution in [2.45, 2.75) is 31.3 Å². The maximum atomic E-state index is 14.4. The number of hydrogen-bond donors (Lipinski definition) is 2. The zero-order valence-corrected chi connectivity index (χ0v) is 23.0. The van der Waals surface area contributed by atoms with Crippen molar-refractivity contribution >= 4 is 40.7 Å². The molecule has 1 aromatic heterocycles. The summed E-state index contributed by atoms with van der Waals surface area (Å²) in [4.78, 5) is 24.8. The number of carbonyl (C=O) groups excluding carboxylic acids is 1. The third-order valence-corrected chi connectivity index (χ3v) is 8.29. The lowest BCUT2D eigenvalue weighted by atomic mass is 9.93. The van der Waals surface area contributed by atoms with E-state index in [-0.39, 0.29) is 10.7 Å². The average Bonchev–Trinajstić information content (AvgIpc) is 3.66. The van der Waals surface area contributed by atoms with Crippen LogP contribution in [-0.2, 0) is 14.9 Å². The first-order valence-electron chi connectivity index (χ1n) is 12.4. The van der Waals surface area contributed by atoms with Crippen molar-refractivity contribution in [1.29, 1.82) is 0 Å². The van der Waals surface area contributed by atoms with Gasteiger partial charge in [0, 0.05) is 17.2 Å². The molecule has 1 saturated carbocycles. The summed E-state index contributed by atoms with van der Waals surface area (Å²) in [6.45, 7) is 1.59. The molecule has 1 fully saturated rings. The monoisotopic (exact) mass is 583 g/mol. The molecular weight excluding hydrogens is 560 g/mol. The van der Waals surface area contributed by atoms with Crippen LogP contribution < -0.4 is 10.1 Å². The lowest BCUT2D eigenvalue weighted by Crippen LogP contribution is -2.19. The molecule has 5 rings (SSSR count). The molecule has 0 spiro atoms. The highest BCUT2D eigenvalue weighted by molar-refractivity contribution is 7.14. The molecule has 0 radical (unpaired) electrons. The van der Waals surface area contributed by atoms with Crippen LogP contribution in [0, 0.1) is 10.9 Å². The van der Waals surface area contributed by atoms with Crippen molar-refractivity contribution in [3.05, 3.63) is 93.8 Å². The molecule has 1 atom stereocenters. The summed E-state index contributed by atoms with van der Waals surface area (Å²) in [6.07, 6.45) is -0.360. The van der Waals surface area contributed by atoms with E-state index >= 15 is 0 Å². The lowest BCUT2D eigenvalue weighted by molar-refractivity contribution is -0.140. The number of thiophene rings is 1. The van der Waals surface area contributed by atoms with Gasteiger partial charge in [-0.25, -0.2) is 9.18 Å². The first-order chi connectivity index (χ1) is 19.1. The molecule has 40 heavy (non-hydrogen) atoms. The molecule has 10 heteroatoms. The fraction of sp³-hybridized carbons (Fsp3) is 0.200. The van der Waals surface area contributed by atoms with Crippen LogP contribution in [-0.4, -0.2) is 24.3 Å². The summed E-state index contributed by atoms with van der Waals surface area (Å²) >= 11 is 6.92. The Bertz CT molecular complexity index is 1600. The number of anilines is 1. The number of methoxy groups -OCH3 is 1. The third-order valence-electron chi connectivity index (χ3n) is 6.99. The van der Waals surface area contributed by atoms with Crippen molar-refractivity contribution in [2.24, 2.45) is 0 Å². The van der Waals surface area contributed by atoms with Crippen LogP contribution in [0.2, 0.25) is 5.02 Å². The van der Waals surface area contributed by atoms with E-state index in [0.29, 0.717) is 34.6 Å². The summed E-state index contributed by atoms with van der Waals surface area (Å²) in [5, 5.41) is 11.8. The van der Waals surface area contributed by atoms with Gasteiger partial charge in [-0.15, -0.1) is 11.3 Å². The molecule has 1 aliphatic carbocycles. The number of carbonyl (C=O) groups is 2. The van der Waals surface area contributed by atoms with Crippen molar-refractivity contribution in [2.75, 3.05) is 12.4 Å². The Balaban J connectivity index is 1.36. The highest BCUT2D eigenvalue weighted by atomic mass is 35.5. The van der Waals surface area contributed by atoms with Crippen molar-refractivity contribution in [1.82, 2.24) is 0 Å². The number of benzene rings is 3. The minimum absolute atomic E-state index is 0.123. The number of carboxylic acid groups (broad SMARTS) is 1. The normalized spacial score (nSPS) is 14.3. The summed E-state index contributed by atoms with van der Waals surface area (Å²) < 4.78 is 38.8. The molecule has 206 valence electrons. The van der Waals surface area contributed by atoms with Crippen LogP contribution in [0.5, 0.6) is 5.75 Å². The molecule has 3 aromatic carbocycles. The third kappa shape index (κ3) is 5.39. The topological polar surface area (TPSA) is 84.9 Å². The van der Waals surface area contributed by atoms with Gasteiger partial charge in [0.2, 0.25) is 0 Å². The average molecular weight is 584 g/mol. The number of hydrogen-bond acceptors (Lipinski definition) is 5. The van der Waals surface area contributed by atoms with Gasteiger partial charge in [-0.05, 0) is 54.7 Å². The molecule has 0 bridgehead atoms. The molecule has 2 N–H and O–H groups in total. The van der Waals surface area contributed by atoms with Gasteiger partial charge in [-0.3, -0.25) is 10.1 Å². The Hall–Kier alpha value is -3.95. The SMILES string of the molecule is COc1cc(-c2sc(F)cc2NC(=O)OC(C)c2ccc(F)cc2Cl)ccc1-c1ccc(C2(C(=O)O)CC2)cc1. The Morgan fingerprint density at radius 2 is 1.73 bits per heavy atom. The van der Waals surface area contributed by atoms with Crippen molar-refractivity contribution in [3.8, 4) is 27.3 Å². The Morgan fingerprint density at radius 3 is 2.35 bits per heavy atom. The molecule has 4 aromatic rings.